The molecule has 0 saturated heterocycles. The van der Waals surface area contributed by atoms with Gasteiger partial charge in [0.15, 0.2) is 0 Å². The zero-order valence-corrected chi connectivity index (χ0v) is 11.2. The summed E-state index contributed by atoms with van der Waals surface area (Å²) in [5.74, 6) is 0. The highest BCUT2D eigenvalue weighted by Crippen LogP contribution is 2.09. The van der Waals surface area contributed by atoms with Crippen LogP contribution in [0.1, 0.15) is 17.0 Å². The van der Waals surface area contributed by atoms with Gasteiger partial charge in [-0.3, -0.25) is 5.10 Å². The Balaban J connectivity index is 1.79. The largest absolute Gasteiger partial charge is 0.338 e. The van der Waals surface area contributed by atoms with E-state index in [1.165, 1.54) is 5.56 Å². The molecule has 0 atom stereocenters. The van der Waals surface area contributed by atoms with Crippen molar-refractivity contribution in [3.05, 3.63) is 47.3 Å². The first kappa shape index (κ1) is 13.1. The van der Waals surface area contributed by atoms with E-state index < -0.39 is 0 Å². The number of hydrogen-bond donors (Lipinski definition) is 3. The maximum Gasteiger partial charge on any atom is 0.319 e. The Morgan fingerprint density at radius 3 is 2.63 bits per heavy atom. The van der Waals surface area contributed by atoms with Gasteiger partial charge in [0.05, 0.1) is 5.69 Å². The Morgan fingerprint density at radius 2 is 2.00 bits per heavy atom. The van der Waals surface area contributed by atoms with E-state index in [0.29, 0.717) is 6.54 Å². The summed E-state index contributed by atoms with van der Waals surface area (Å²) >= 11 is 0. The minimum absolute atomic E-state index is 0.190. The average molecular weight is 258 g/mol. The normalized spacial score (nSPS) is 10.2. The molecule has 2 aromatic rings. The molecule has 0 spiro atoms. The van der Waals surface area contributed by atoms with Crippen molar-refractivity contribution >= 4 is 11.7 Å². The van der Waals surface area contributed by atoms with Gasteiger partial charge >= 0.3 is 6.03 Å². The molecule has 5 nitrogen and oxygen atoms in total. The van der Waals surface area contributed by atoms with Crippen LogP contribution in [0.4, 0.5) is 10.5 Å². The van der Waals surface area contributed by atoms with Crippen molar-refractivity contribution in [2.24, 2.45) is 0 Å². The van der Waals surface area contributed by atoms with Crippen molar-refractivity contribution in [3.63, 3.8) is 0 Å². The Labute approximate surface area is 112 Å². The van der Waals surface area contributed by atoms with Gasteiger partial charge in [-0.1, -0.05) is 18.2 Å². The molecule has 1 heterocycles. The number of para-hydroxylation sites is 1. The van der Waals surface area contributed by atoms with Gasteiger partial charge in [0.1, 0.15) is 0 Å². The van der Waals surface area contributed by atoms with Crippen molar-refractivity contribution in [2.45, 2.75) is 20.3 Å². The number of aryl methyl sites for hydroxylation is 2. The van der Waals surface area contributed by atoms with Crippen LogP contribution in [0.15, 0.2) is 30.3 Å². The molecule has 0 aliphatic rings. The molecule has 0 bridgehead atoms. The fourth-order valence-electron chi connectivity index (χ4n) is 1.94. The van der Waals surface area contributed by atoms with Crippen LogP contribution in [-0.2, 0) is 6.42 Å². The lowest BCUT2D eigenvalue weighted by atomic mass is 10.1. The highest BCUT2D eigenvalue weighted by molar-refractivity contribution is 5.89. The molecule has 0 fully saturated rings. The molecule has 5 heteroatoms. The number of carbonyl (C=O) groups excluding carboxylic acids is 1. The van der Waals surface area contributed by atoms with Crippen LogP contribution in [0.3, 0.4) is 0 Å². The molecule has 0 unspecified atom stereocenters. The lowest BCUT2D eigenvalue weighted by molar-refractivity contribution is 0.252. The quantitative estimate of drug-likeness (QED) is 0.788. The molecule has 2 rings (SSSR count). The maximum atomic E-state index is 11.7. The summed E-state index contributed by atoms with van der Waals surface area (Å²) in [5.41, 5.74) is 4.00. The highest BCUT2D eigenvalue weighted by Gasteiger charge is 2.06. The van der Waals surface area contributed by atoms with Crippen LogP contribution in [0, 0.1) is 13.8 Å². The molecule has 3 N–H and O–H groups in total. The first-order valence-electron chi connectivity index (χ1n) is 6.27. The number of benzene rings is 1. The number of H-pyrrole nitrogens is 1. The zero-order chi connectivity index (χ0) is 13.7. The molecule has 0 aliphatic heterocycles. The number of urea groups is 1. The third-order valence-electron chi connectivity index (χ3n) is 2.97. The molecule has 100 valence electrons. The van der Waals surface area contributed by atoms with E-state index in [4.69, 9.17) is 0 Å². The van der Waals surface area contributed by atoms with Crippen molar-refractivity contribution in [3.8, 4) is 0 Å². The van der Waals surface area contributed by atoms with E-state index in [0.717, 1.165) is 23.5 Å². The summed E-state index contributed by atoms with van der Waals surface area (Å²) in [4.78, 5) is 11.7. The Kier molecular flexibility index (Phi) is 4.18. The van der Waals surface area contributed by atoms with Crippen LogP contribution in [0.2, 0.25) is 0 Å². The predicted octanol–water partition coefficient (Wildman–Crippen LogP) is 2.39. The summed E-state index contributed by atoms with van der Waals surface area (Å²) in [6, 6.07) is 9.19. The first-order chi connectivity index (χ1) is 9.16. The number of carbonyl (C=O) groups is 1. The standard InChI is InChI=1S/C14H18N4O/c1-10-13(11(2)18-17-10)8-9-15-14(19)16-12-6-4-3-5-7-12/h3-7H,8-9H2,1-2H3,(H,17,18)(H2,15,16,19). The van der Waals surface area contributed by atoms with Gasteiger partial charge in [-0.2, -0.15) is 5.10 Å². The van der Waals surface area contributed by atoms with Gasteiger partial charge in [-0.25, -0.2) is 4.79 Å². The number of nitrogens with zero attached hydrogens (tertiary/aromatic N) is 1. The Bertz CT molecular complexity index is 528. The number of aromatic nitrogens is 2. The summed E-state index contributed by atoms with van der Waals surface area (Å²) < 4.78 is 0. The third-order valence-corrected chi connectivity index (χ3v) is 2.97. The predicted molar refractivity (Wildman–Crippen MR) is 75.2 cm³/mol. The summed E-state index contributed by atoms with van der Waals surface area (Å²) in [5, 5.41) is 12.7. The Morgan fingerprint density at radius 1 is 1.26 bits per heavy atom. The molecular formula is C14H18N4O. The summed E-state index contributed by atoms with van der Waals surface area (Å²) in [6.45, 7) is 4.53. The first-order valence-corrected chi connectivity index (χ1v) is 6.27. The Hall–Kier alpha value is -2.30. The molecule has 0 aliphatic carbocycles. The van der Waals surface area contributed by atoms with E-state index in [-0.39, 0.29) is 6.03 Å². The SMILES string of the molecule is Cc1n[nH]c(C)c1CCNC(=O)Nc1ccccc1. The minimum atomic E-state index is -0.190. The van der Waals surface area contributed by atoms with Crippen molar-refractivity contribution in [1.29, 1.82) is 0 Å². The molecule has 0 radical (unpaired) electrons. The average Bonchev–Trinajstić information content (AvgIpc) is 2.71. The fourth-order valence-corrected chi connectivity index (χ4v) is 1.94. The smallest absolute Gasteiger partial charge is 0.319 e. The number of rotatable bonds is 4. The third kappa shape index (κ3) is 3.58. The van der Waals surface area contributed by atoms with Gasteiger partial charge in [-0.15, -0.1) is 0 Å². The van der Waals surface area contributed by atoms with Gasteiger partial charge in [0.25, 0.3) is 0 Å². The molecule has 1 aromatic carbocycles. The van der Waals surface area contributed by atoms with Crippen LogP contribution >= 0.6 is 0 Å². The fraction of sp³-hybridized carbons (Fsp3) is 0.286. The van der Waals surface area contributed by atoms with E-state index in [1.807, 2.05) is 44.2 Å². The topological polar surface area (TPSA) is 69.8 Å². The minimum Gasteiger partial charge on any atom is -0.338 e. The van der Waals surface area contributed by atoms with Gasteiger partial charge in [0, 0.05) is 17.9 Å². The second-order valence-electron chi connectivity index (χ2n) is 4.41. The molecule has 2 amide bonds. The van der Waals surface area contributed by atoms with E-state index in [9.17, 15) is 4.79 Å². The molecule has 19 heavy (non-hydrogen) atoms. The van der Waals surface area contributed by atoms with E-state index >= 15 is 0 Å². The second kappa shape index (κ2) is 6.04. The lowest BCUT2D eigenvalue weighted by Crippen LogP contribution is -2.30. The van der Waals surface area contributed by atoms with Gasteiger partial charge < -0.3 is 10.6 Å². The number of nitrogens with one attached hydrogen (secondary N) is 3. The molecule has 0 saturated carbocycles. The second-order valence-corrected chi connectivity index (χ2v) is 4.41. The highest BCUT2D eigenvalue weighted by atomic mass is 16.2. The summed E-state index contributed by atoms with van der Waals surface area (Å²) in [6.07, 6.45) is 0.774. The monoisotopic (exact) mass is 258 g/mol. The molecule has 1 aromatic heterocycles. The van der Waals surface area contributed by atoms with Crippen LogP contribution in [0.25, 0.3) is 0 Å². The number of aromatic amines is 1. The number of amides is 2. The number of hydrogen-bond acceptors (Lipinski definition) is 2. The van der Waals surface area contributed by atoms with E-state index in [1.54, 1.807) is 0 Å². The summed E-state index contributed by atoms with van der Waals surface area (Å²) in [7, 11) is 0. The maximum absolute atomic E-state index is 11.7. The van der Waals surface area contributed by atoms with Crippen LogP contribution in [-0.4, -0.2) is 22.8 Å². The van der Waals surface area contributed by atoms with Crippen molar-refractivity contribution < 1.29 is 4.79 Å². The van der Waals surface area contributed by atoms with Gasteiger partial charge in [0.2, 0.25) is 0 Å². The molecular weight excluding hydrogens is 240 g/mol. The van der Waals surface area contributed by atoms with Crippen molar-refractivity contribution in [2.75, 3.05) is 11.9 Å². The lowest BCUT2D eigenvalue weighted by Gasteiger charge is -2.07. The van der Waals surface area contributed by atoms with Crippen molar-refractivity contribution in [1.82, 2.24) is 15.5 Å². The zero-order valence-electron chi connectivity index (χ0n) is 11.2. The van der Waals surface area contributed by atoms with Crippen LogP contribution in [0.5, 0.6) is 0 Å². The van der Waals surface area contributed by atoms with Crippen LogP contribution < -0.4 is 10.6 Å². The van der Waals surface area contributed by atoms with Gasteiger partial charge in [-0.05, 0) is 38.0 Å². The number of anilines is 1. The van der Waals surface area contributed by atoms with E-state index in [2.05, 4.69) is 20.8 Å².